The van der Waals surface area contributed by atoms with Crippen molar-refractivity contribution in [3.63, 3.8) is 0 Å². The summed E-state index contributed by atoms with van der Waals surface area (Å²) in [6.07, 6.45) is 4.28. The van der Waals surface area contributed by atoms with Gasteiger partial charge in [0.2, 0.25) is 0 Å². The number of rotatable bonds is 3. The van der Waals surface area contributed by atoms with Gasteiger partial charge in [0.25, 0.3) is 5.91 Å². The van der Waals surface area contributed by atoms with Crippen LogP contribution in [0.3, 0.4) is 0 Å². The van der Waals surface area contributed by atoms with Crippen LogP contribution in [0.15, 0.2) is 53.5 Å². The van der Waals surface area contributed by atoms with Gasteiger partial charge >= 0.3 is 0 Å². The van der Waals surface area contributed by atoms with Crippen molar-refractivity contribution in [3.05, 3.63) is 53.5 Å². The third-order valence-corrected chi connectivity index (χ3v) is 2.60. The molecule has 0 fully saturated rings. The van der Waals surface area contributed by atoms with E-state index in [1.165, 1.54) is 18.2 Å². The van der Waals surface area contributed by atoms with Gasteiger partial charge in [-0.15, -0.1) is 0 Å². The average Bonchev–Trinajstić information content (AvgIpc) is 2.29. The maximum atomic E-state index is 11.8. The molecule has 0 spiro atoms. The second-order valence-corrected chi connectivity index (χ2v) is 3.96. The number of amides is 1. The Kier molecular flexibility index (Phi) is 4.66. The first-order valence-electron chi connectivity index (χ1n) is 4.79. The van der Waals surface area contributed by atoms with Crippen molar-refractivity contribution in [2.24, 2.45) is 5.73 Å². The smallest absolute Gasteiger partial charge is 0.257 e. The van der Waals surface area contributed by atoms with Gasteiger partial charge in [0.05, 0.1) is 5.69 Å². The quantitative estimate of drug-likeness (QED) is 0.389. The summed E-state index contributed by atoms with van der Waals surface area (Å²) in [5.41, 5.74) is 5.94. The molecule has 0 aliphatic rings. The number of nitrogens with two attached hydrogens (primary N) is 1. The summed E-state index contributed by atoms with van der Waals surface area (Å²) in [7, 11) is 0. The lowest BCUT2D eigenvalue weighted by atomic mass is 10.3. The number of hydrogen-bond acceptors (Lipinski definition) is 2. The van der Waals surface area contributed by atoms with E-state index in [2.05, 4.69) is 22.5 Å². The van der Waals surface area contributed by atoms with Gasteiger partial charge in [0.15, 0.2) is 5.96 Å². The number of carbonyl (C=O) groups excluding carboxylic acids is 1. The van der Waals surface area contributed by atoms with Crippen LogP contribution in [-0.2, 0) is 4.79 Å². The van der Waals surface area contributed by atoms with Crippen LogP contribution >= 0.6 is 15.9 Å². The molecule has 1 amide bonds. The minimum atomic E-state index is -0.399. The summed E-state index contributed by atoms with van der Waals surface area (Å²) >= 11 is 3.31. The first-order chi connectivity index (χ1) is 8.07. The van der Waals surface area contributed by atoms with E-state index in [9.17, 15) is 4.79 Å². The van der Waals surface area contributed by atoms with Gasteiger partial charge in [0, 0.05) is 10.5 Å². The molecule has 1 aromatic rings. The number of guanidine groups is 1. The number of nitrogens with one attached hydrogen (secondary N) is 1. The van der Waals surface area contributed by atoms with Crippen LogP contribution in [0.5, 0.6) is 0 Å². The molecule has 0 heterocycles. The lowest BCUT2D eigenvalue weighted by Gasteiger charge is -2.20. The SMILES string of the molecule is C=CC=CC(=O)N(C(=N)N)c1ccccc1Br. The Hall–Kier alpha value is -1.88. The van der Waals surface area contributed by atoms with Crippen LogP contribution in [0.1, 0.15) is 0 Å². The molecule has 0 aliphatic heterocycles. The van der Waals surface area contributed by atoms with Crippen LogP contribution in [0.25, 0.3) is 0 Å². The molecule has 0 radical (unpaired) electrons. The summed E-state index contributed by atoms with van der Waals surface area (Å²) in [6, 6.07) is 7.05. The van der Waals surface area contributed by atoms with Gasteiger partial charge in [-0.05, 0) is 28.1 Å². The van der Waals surface area contributed by atoms with Gasteiger partial charge in [-0.3, -0.25) is 10.2 Å². The van der Waals surface area contributed by atoms with Crippen molar-refractivity contribution in [1.29, 1.82) is 5.41 Å². The number of anilines is 1. The molecule has 5 heteroatoms. The van der Waals surface area contributed by atoms with Crippen molar-refractivity contribution in [1.82, 2.24) is 0 Å². The third-order valence-electron chi connectivity index (χ3n) is 1.93. The second kappa shape index (κ2) is 6.00. The van der Waals surface area contributed by atoms with Crippen LogP contribution in [0, 0.1) is 5.41 Å². The fourth-order valence-electron chi connectivity index (χ4n) is 1.23. The van der Waals surface area contributed by atoms with Gasteiger partial charge in [-0.1, -0.05) is 30.9 Å². The summed E-state index contributed by atoms with van der Waals surface area (Å²) in [5.74, 6) is -0.736. The molecule has 17 heavy (non-hydrogen) atoms. The number of halogens is 1. The van der Waals surface area contributed by atoms with Crippen LogP contribution in [0.4, 0.5) is 5.69 Å². The fraction of sp³-hybridized carbons (Fsp3) is 0. The summed E-state index contributed by atoms with van der Waals surface area (Å²) in [5, 5.41) is 7.45. The van der Waals surface area contributed by atoms with Crippen molar-refractivity contribution >= 4 is 33.5 Å². The standard InChI is InChI=1S/C12H12BrN3O/c1-2-3-8-11(17)16(12(14)15)10-7-5-4-6-9(10)13/h2-8H,1H2,(H3,14,15). The minimum absolute atomic E-state index is 0.337. The predicted molar refractivity (Wildman–Crippen MR) is 72.9 cm³/mol. The van der Waals surface area contributed by atoms with Crippen molar-refractivity contribution < 1.29 is 4.79 Å². The molecule has 0 unspecified atom stereocenters. The van der Waals surface area contributed by atoms with Crippen LogP contribution in [-0.4, -0.2) is 11.9 Å². The largest absolute Gasteiger partial charge is 0.369 e. The first kappa shape index (κ1) is 13.2. The van der Waals surface area contributed by atoms with E-state index in [0.717, 1.165) is 4.90 Å². The highest BCUT2D eigenvalue weighted by atomic mass is 79.9. The monoisotopic (exact) mass is 293 g/mol. The maximum Gasteiger partial charge on any atom is 0.257 e. The number of carbonyl (C=O) groups is 1. The average molecular weight is 294 g/mol. The molecule has 0 aliphatic carbocycles. The molecule has 0 bridgehead atoms. The zero-order valence-corrected chi connectivity index (χ0v) is 10.6. The summed E-state index contributed by atoms with van der Waals surface area (Å²) in [6.45, 7) is 3.48. The first-order valence-corrected chi connectivity index (χ1v) is 5.59. The topological polar surface area (TPSA) is 70.2 Å². The lowest BCUT2D eigenvalue weighted by Crippen LogP contribution is -2.40. The summed E-state index contributed by atoms with van der Waals surface area (Å²) < 4.78 is 0.690. The molecule has 1 rings (SSSR count). The molecular weight excluding hydrogens is 282 g/mol. The van der Waals surface area contributed by atoms with Crippen molar-refractivity contribution in [2.75, 3.05) is 4.90 Å². The molecule has 0 aromatic heterocycles. The molecule has 1 aromatic carbocycles. The highest BCUT2D eigenvalue weighted by molar-refractivity contribution is 9.10. The molecule has 0 saturated carbocycles. The van der Waals surface area contributed by atoms with E-state index in [-0.39, 0.29) is 5.96 Å². The normalized spacial score (nSPS) is 10.2. The molecule has 3 N–H and O–H groups in total. The van der Waals surface area contributed by atoms with Gasteiger partial charge in [-0.2, -0.15) is 0 Å². The van der Waals surface area contributed by atoms with Gasteiger partial charge in [-0.25, -0.2) is 4.90 Å². The minimum Gasteiger partial charge on any atom is -0.369 e. The van der Waals surface area contributed by atoms with Gasteiger partial charge < -0.3 is 5.73 Å². The Morgan fingerprint density at radius 2 is 2.12 bits per heavy atom. The van der Waals surface area contributed by atoms with Crippen molar-refractivity contribution in [2.45, 2.75) is 0 Å². The Labute approximate surface area is 108 Å². The zero-order chi connectivity index (χ0) is 12.8. The van der Waals surface area contributed by atoms with Crippen molar-refractivity contribution in [3.8, 4) is 0 Å². The van der Waals surface area contributed by atoms with E-state index in [1.807, 2.05) is 6.07 Å². The third kappa shape index (κ3) is 3.29. The Morgan fingerprint density at radius 3 is 2.65 bits per heavy atom. The highest BCUT2D eigenvalue weighted by Gasteiger charge is 2.18. The molecule has 0 atom stereocenters. The van der Waals surface area contributed by atoms with E-state index in [4.69, 9.17) is 11.1 Å². The number of nitrogens with zero attached hydrogens (tertiary/aromatic N) is 1. The van der Waals surface area contributed by atoms with Crippen LogP contribution in [0.2, 0.25) is 0 Å². The number of benzene rings is 1. The molecular formula is C12H12BrN3O. The van der Waals surface area contributed by atoms with E-state index >= 15 is 0 Å². The van der Waals surface area contributed by atoms with E-state index in [1.54, 1.807) is 18.2 Å². The zero-order valence-electron chi connectivity index (χ0n) is 9.06. The molecule has 0 saturated heterocycles. The molecule has 4 nitrogen and oxygen atoms in total. The lowest BCUT2D eigenvalue weighted by molar-refractivity contribution is -0.113. The fourth-order valence-corrected chi connectivity index (χ4v) is 1.69. The highest BCUT2D eigenvalue weighted by Crippen LogP contribution is 2.25. The van der Waals surface area contributed by atoms with E-state index < -0.39 is 5.91 Å². The number of hydrogen-bond donors (Lipinski definition) is 2. The second-order valence-electron chi connectivity index (χ2n) is 3.11. The maximum absolute atomic E-state index is 11.8. The Balaban J connectivity index is 3.15. The Morgan fingerprint density at radius 1 is 1.47 bits per heavy atom. The number of allylic oxidation sites excluding steroid dienone is 2. The predicted octanol–water partition coefficient (Wildman–Crippen LogP) is 2.42. The summed E-state index contributed by atoms with van der Waals surface area (Å²) in [4.78, 5) is 12.9. The van der Waals surface area contributed by atoms with Crippen LogP contribution < -0.4 is 10.6 Å². The van der Waals surface area contributed by atoms with E-state index in [0.29, 0.717) is 10.2 Å². The molecule has 88 valence electrons. The number of para-hydroxylation sites is 1. The van der Waals surface area contributed by atoms with Gasteiger partial charge in [0.1, 0.15) is 0 Å². The Bertz CT molecular complexity index is 482.